The van der Waals surface area contributed by atoms with Gasteiger partial charge in [-0.25, -0.2) is 0 Å². The van der Waals surface area contributed by atoms with Crippen LogP contribution in [0, 0.1) is 6.92 Å². The van der Waals surface area contributed by atoms with Gasteiger partial charge in [-0.15, -0.1) is 0 Å². The SMILES string of the molecule is Cc1ccc2c(CCCN)cn(CCO)c2c1. The van der Waals surface area contributed by atoms with Crippen LogP contribution >= 0.6 is 0 Å². The van der Waals surface area contributed by atoms with E-state index in [4.69, 9.17) is 10.8 Å². The van der Waals surface area contributed by atoms with Gasteiger partial charge in [-0.3, -0.25) is 0 Å². The first-order valence-electron chi connectivity index (χ1n) is 6.15. The van der Waals surface area contributed by atoms with Crippen LogP contribution in [0.15, 0.2) is 24.4 Å². The number of aryl methyl sites for hydroxylation is 2. The molecule has 0 spiro atoms. The lowest BCUT2D eigenvalue weighted by Gasteiger charge is -2.02. The van der Waals surface area contributed by atoms with Crippen molar-refractivity contribution in [1.82, 2.24) is 4.57 Å². The molecule has 0 radical (unpaired) electrons. The zero-order valence-electron chi connectivity index (χ0n) is 10.3. The lowest BCUT2D eigenvalue weighted by Crippen LogP contribution is -2.01. The quantitative estimate of drug-likeness (QED) is 0.826. The molecule has 3 nitrogen and oxygen atoms in total. The van der Waals surface area contributed by atoms with Crippen LogP contribution in [-0.2, 0) is 13.0 Å². The molecule has 92 valence electrons. The highest BCUT2D eigenvalue weighted by atomic mass is 16.3. The van der Waals surface area contributed by atoms with Crippen LogP contribution in [0.2, 0.25) is 0 Å². The second-order valence-electron chi connectivity index (χ2n) is 4.48. The fourth-order valence-electron chi connectivity index (χ4n) is 2.26. The minimum Gasteiger partial charge on any atom is -0.395 e. The van der Waals surface area contributed by atoms with Crippen molar-refractivity contribution in [2.24, 2.45) is 5.73 Å². The third-order valence-electron chi connectivity index (χ3n) is 3.11. The topological polar surface area (TPSA) is 51.2 Å². The van der Waals surface area contributed by atoms with E-state index in [1.54, 1.807) is 0 Å². The summed E-state index contributed by atoms with van der Waals surface area (Å²) < 4.78 is 2.13. The number of hydrogen-bond donors (Lipinski definition) is 2. The number of fused-ring (bicyclic) bond motifs is 1. The third kappa shape index (κ3) is 2.51. The normalized spacial score (nSPS) is 11.2. The summed E-state index contributed by atoms with van der Waals surface area (Å²) in [5.41, 5.74) is 9.36. The van der Waals surface area contributed by atoms with E-state index in [9.17, 15) is 0 Å². The van der Waals surface area contributed by atoms with Crippen molar-refractivity contribution in [3.8, 4) is 0 Å². The lowest BCUT2D eigenvalue weighted by molar-refractivity contribution is 0.278. The minimum atomic E-state index is 0.175. The summed E-state index contributed by atoms with van der Waals surface area (Å²) in [6, 6.07) is 6.49. The predicted molar refractivity (Wildman–Crippen MR) is 71.1 cm³/mol. The van der Waals surface area contributed by atoms with Crippen LogP contribution in [0.5, 0.6) is 0 Å². The van der Waals surface area contributed by atoms with Gasteiger partial charge in [-0.05, 0) is 43.5 Å². The smallest absolute Gasteiger partial charge is 0.0610 e. The average molecular weight is 232 g/mol. The van der Waals surface area contributed by atoms with Gasteiger partial charge in [-0.1, -0.05) is 12.1 Å². The molecule has 3 N–H and O–H groups in total. The first kappa shape index (κ1) is 12.1. The van der Waals surface area contributed by atoms with E-state index in [2.05, 4.69) is 35.9 Å². The molecule has 17 heavy (non-hydrogen) atoms. The number of aromatic nitrogens is 1. The van der Waals surface area contributed by atoms with Crippen LogP contribution in [0.25, 0.3) is 10.9 Å². The monoisotopic (exact) mass is 232 g/mol. The molecule has 0 saturated heterocycles. The molecule has 0 unspecified atom stereocenters. The number of rotatable bonds is 5. The van der Waals surface area contributed by atoms with Gasteiger partial charge in [0.15, 0.2) is 0 Å². The Bertz CT molecular complexity index is 502. The van der Waals surface area contributed by atoms with Gasteiger partial charge in [0.25, 0.3) is 0 Å². The maximum Gasteiger partial charge on any atom is 0.0610 e. The fourth-order valence-corrected chi connectivity index (χ4v) is 2.26. The molecule has 0 aliphatic heterocycles. The number of nitrogens with two attached hydrogens (primary N) is 1. The number of aliphatic hydroxyl groups excluding tert-OH is 1. The van der Waals surface area contributed by atoms with Crippen molar-refractivity contribution in [2.45, 2.75) is 26.3 Å². The van der Waals surface area contributed by atoms with E-state index < -0.39 is 0 Å². The molecule has 0 fully saturated rings. The van der Waals surface area contributed by atoms with E-state index in [0.717, 1.165) is 19.4 Å². The van der Waals surface area contributed by atoms with Crippen molar-refractivity contribution in [3.05, 3.63) is 35.5 Å². The Labute approximate surface area is 102 Å². The van der Waals surface area contributed by atoms with Crippen LogP contribution in [0.3, 0.4) is 0 Å². The summed E-state index contributed by atoms with van der Waals surface area (Å²) in [7, 11) is 0. The Hall–Kier alpha value is -1.32. The zero-order valence-corrected chi connectivity index (χ0v) is 10.3. The molecule has 1 aromatic carbocycles. The Morgan fingerprint density at radius 1 is 1.35 bits per heavy atom. The molecule has 0 saturated carbocycles. The second-order valence-corrected chi connectivity index (χ2v) is 4.48. The fraction of sp³-hybridized carbons (Fsp3) is 0.429. The Morgan fingerprint density at radius 2 is 2.18 bits per heavy atom. The molecule has 2 rings (SSSR count). The molecule has 0 amide bonds. The van der Waals surface area contributed by atoms with E-state index in [-0.39, 0.29) is 6.61 Å². The highest BCUT2D eigenvalue weighted by molar-refractivity contribution is 5.84. The van der Waals surface area contributed by atoms with Gasteiger partial charge >= 0.3 is 0 Å². The molecule has 0 bridgehead atoms. The van der Waals surface area contributed by atoms with Crippen molar-refractivity contribution in [2.75, 3.05) is 13.2 Å². The van der Waals surface area contributed by atoms with Crippen molar-refractivity contribution >= 4 is 10.9 Å². The summed E-state index contributed by atoms with van der Waals surface area (Å²) in [5.74, 6) is 0. The molecule has 0 aliphatic carbocycles. The highest BCUT2D eigenvalue weighted by Crippen LogP contribution is 2.23. The molecule has 1 aromatic heterocycles. The highest BCUT2D eigenvalue weighted by Gasteiger charge is 2.07. The number of benzene rings is 1. The second kappa shape index (κ2) is 5.34. The zero-order chi connectivity index (χ0) is 12.3. The van der Waals surface area contributed by atoms with E-state index >= 15 is 0 Å². The summed E-state index contributed by atoms with van der Waals surface area (Å²) in [4.78, 5) is 0. The largest absolute Gasteiger partial charge is 0.395 e. The molecular weight excluding hydrogens is 212 g/mol. The minimum absolute atomic E-state index is 0.175. The Morgan fingerprint density at radius 3 is 2.88 bits per heavy atom. The maximum absolute atomic E-state index is 9.09. The lowest BCUT2D eigenvalue weighted by atomic mass is 10.1. The summed E-state index contributed by atoms with van der Waals surface area (Å²) >= 11 is 0. The summed E-state index contributed by atoms with van der Waals surface area (Å²) in [6.45, 7) is 3.64. The third-order valence-corrected chi connectivity index (χ3v) is 3.11. The van der Waals surface area contributed by atoms with Crippen LogP contribution in [0.4, 0.5) is 0 Å². The molecule has 1 heterocycles. The molecular formula is C14H20N2O. The first-order chi connectivity index (χ1) is 8.26. The molecule has 0 atom stereocenters. The number of aliphatic hydroxyl groups is 1. The maximum atomic E-state index is 9.09. The van der Waals surface area contributed by atoms with Crippen LogP contribution in [0.1, 0.15) is 17.5 Å². The molecule has 3 heteroatoms. The Kier molecular flexibility index (Phi) is 3.82. The van der Waals surface area contributed by atoms with Gasteiger partial charge in [0.05, 0.1) is 6.61 Å². The van der Waals surface area contributed by atoms with Gasteiger partial charge < -0.3 is 15.4 Å². The van der Waals surface area contributed by atoms with Crippen molar-refractivity contribution in [3.63, 3.8) is 0 Å². The molecule has 0 aliphatic rings. The van der Waals surface area contributed by atoms with Crippen LogP contribution in [-0.4, -0.2) is 22.8 Å². The van der Waals surface area contributed by atoms with Gasteiger partial charge in [0.1, 0.15) is 0 Å². The van der Waals surface area contributed by atoms with Crippen molar-refractivity contribution < 1.29 is 5.11 Å². The standard InChI is InChI=1S/C14H20N2O/c1-11-4-5-13-12(3-2-6-15)10-16(7-8-17)14(13)9-11/h4-5,9-10,17H,2-3,6-8,15H2,1H3. The summed E-state index contributed by atoms with van der Waals surface area (Å²) in [5, 5.41) is 10.4. The average Bonchev–Trinajstić information content (AvgIpc) is 2.65. The molecule has 2 aromatic rings. The van der Waals surface area contributed by atoms with Crippen LogP contribution < -0.4 is 5.73 Å². The van der Waals surface area contributed by atoms with Gasteiger partial charge in [0.2, 0.25) is 0 Å². The predicted octanol–water partition coefficient (Wildman–Crippen LogP) is 1.83. The number of hydrogen-bond acceptors (Lipinski definition) is 2. The first-order valence-corrected chi connectivity index (χ1v) is 6.15. The van der Waals surface area contributed by atoms with Crippen molar-refractivity contribution in [1.29, 1.82) is 0 Å². The van der Waals surface area contributed by atoms with Gasteiger partial charge in [0, 0.05) is 23.6 Å². The van der Waals surface area contributed by atoms with E-state index in [1.165, 1.54) is 22.0 Å². The van der Waals surface area contributed by atoms with E-state index in [1.807, 2.05) is 0 Å². The summed E-state index contributed by atoms with van der Waals surface area (Å²) in [6.07, 6.45) is 4.16. The number of nitrogens with zero attached hydrogens (tertiary/aromatic N) is 1. The van der Waals surface area contributed by atoms with E-state index in [0.29, 0.717) is 6.54 Å². The van der Waals surface area contributed by atoms with Gasteiger partial charge in [-0.2, -0.15) is 0 Å². The Balaban J connectivity index is 2.46.